The molecule has 0 saturated carbocycles. The number of likely N-dealkylation sites (tertiary alicyclic amines) is 1. The van der Waals surface area contributed by atoms with E-state index in [1.54, 1.807) is 4.90 Å². The molecular weight excluding hydrogens is 294 g/mol. The molecule has 0 aromatic carbocycles. The Hall–Kier alpha value is -0.620. The number of piperidine rings is 1. The molecule has 2 heterocycles. The minimum absolute atomic E-state index is 0.135. The van der Waals surface area contributed by atoms with Crippen molar-refractivity contribution in [3.05, 3.63) is 21.3 Å². The van der Waals surface area contributed by atoms with Crippen LogP contribution in [0.4, 0.5) is 0 Å². The Bertz CT molecular complexity index is 465. The first-order chi connectivity index (χ1) is 9.45. The topological polar surface area (TPSA) is 49.6 Å². The fourth-order valence-corrected chi connectivity index (χ4v) is 3.53. The zero-order valence-electron chi connectivity index (χ0n) is 12.0. The van der Waals surface area contributed by atoms with Crippen LogP contribution >= 0.6 is 22.9 Å². The zero-order valence-corrected chi connectivity index (χ0v) is 13.6. The van der Waals surface area contributed by atoms with Crippen LogP contribution in [0.3, 0.4) is 0 Å². The number of hydrogen-bond donors (Lipinski definition) is 1. The van der Waals surface area contributed by atoms with E-state index in [4.69, 9.17) is 17.3 Å². The summed E-state index contributed by atoms with van der Waals surface area (Å²) in [6.07, 6.45) is 1.07. The van der Waals surface area contributed by atoms with Crippen LogP contribution < -0.4 is 5.73 Å². The Morgan fingerprint density at radius 2 is 2.35 bits per heavy atom. The third kappa shape index (κ3) is 4.19. The van der Waals surface area contributed by atoms with Crippen molar-refractivity contribution in [1.82, 2.24) is 9.80 Å². The van der Waals surface area contributed by atoms with Crippen molar-refractivity contribution in [2.75, 3.05) is 26.7 Å². The van der Waals surface area contributed by atoms with Gasteiger partial charge in [-0.15, -0.1) is 11.3 Å². The van der Waals surface area contributed by atoms with Gasteiger partial charge < -0.3 is 10.6 Å². The van der Waals surface area contributed by atoms with Gasteiger partial charge in [0.2, 0.25) is 5.91 Å². The van der Waals surface area contributed by atoms with Crippen molar-refractivity contribution in [3.63, 3.8) is 0 Å². The smallest absolute Gasteiger partial charge is 0.236 e. The van der Waals surface area contributed by atoms with Gasteiger partial charge >= 0.3 is 0 Å². The number of amides is 1. The van der Waals surface area contributed by atoms with Gasteiger partial charge in [-0.1, -0.05) is 18.5 Å². The Morgan fingerprint density at radius 3 is 2.95 bits per heavy atom. The second kappa shape index (κ2) is 6.89. The lowest BCUT2D eigenvalue weighted by molar-refractivity contribution is -0.132. The number of hydrogen-bond acceptors (Lipinski definition) is 4. The molecule has 1 saturated heterocycles. The molecule has 2 N–H and O–H groups in total. The standard InChI is InChI=1S/C14H22ClN3OS/c1-10-5-6-18(8-12(10)16)9-14(19)17(2)7-11-3-4-13(15)20-11/h3-4,10,12H,5-9,16H2,1-2H3. The SMILES string of the molecule is CC1CCN(CC(=O)N(C)Cc2ccc(Cl)s2)CC1N. The Morgan fingerprint density at radius 1 is 1.60 bits per heavy atom. The Balaban J connectivity index is 1.82. The quantitative estimate of drug-likeness (QED) is 0.925. The maximum absolute atomic E-state index is 12.2. The summed E-state index contributed by atoms with van der Waals surface area (Å²) in [5.41, 5.74) is 6.07. The number of likely N-dealkylation sites (N-methyl/N-ethyl adjacent to an activating group) is 1. The normalized spacial score (nSPS) is 23.8. The summed E-state index contributed by atoms with van der Waals surface area (Å²) < 4.78 is 0.761. The highest BCUT2D eigenvalue weighted by Gasteiger charge is 2.25. The van der Waals surface area contributed by atoms with E-state index in [9.17, 15) is 4.79 Å². The third-order valence-corrected chi connectivity index (χ3v) is 5.12. The maximum Gasteiger partial charge on any atom is 0.236 e. The number of thiophene rings is 1. The molecule has 1 amide bonds. The molecule has 2 rings (SSSR count). The molecule has 20 heavy (non-hydrogen) atoms. The fraction of sp³-hybridized carbons (Fsp3) is 0.643. The van der Waals surface area contributed by atoms with Crippen LogP contribution in [-0.4, -0.2) is 48.4 Å². The van der Waals surface area contributed by atoms with E-state index in [2.05, 4.69) is 11.8 Å². The largest absolute Gasteiger partial charge is 0.340 e. The first kappa shape index (κ1) is 15.8. The molecule has 0 aliphatic carbocycles. The predicted octanol–water partition coefficient (Wildman–Crippen LogP) is 2.03. The van der Waals surface area contributed by atoms with Crippen LogP contribution in [0.1, 0.15) is 18.2 Å². The summed E-state index contributed by atoms with van der Waals surface area (Å²) in [6, 6.07) is 4.01. The molecule has 6 heteroatoms. The van der Waals surface area contributed by atoms with Gasteiger partial charge in [-0.05, 0) is 31.0 Å². The van der Waals surface area contributed by atoms with E-state index in [-0.39, 0.29) is 11.9 Å². The van der Waals surface area contributed by atoms with E-state index in [0.29, 0.717) is 19.0 Å². The number of halogens is 1. The molecule has 1 aliphatic heterocycles. The lowest BCUT2D eigenvalue weighted by Gasteiger charge is -2.35. The van der Waals surface area contributed by atoms with Gasteiger partial charge in [0.1, 0.15) is 0 Å². The third-order valence-electron chi connectivity index (χ3n) is 3.91. The van der Waals surface area contributed by atoms with Crippen LogP contribution in [0.15, 0.2) is 12.1 Å². The van der Waals surface area contributed by atoms with Crippen molar-refractivity contribution in [2.45, 2.75) is 25.9 Å². The molecule has 112 valence electrons. The van der Waals surface area contributed by atoms with Gasteiger partial charge in [0.05, 0.1) is 17.4 Å². The van der Waals surface area contributed by atoms with Crippen molar-refractivity contribution in [1.29, 1.82) is 0 Å². The number of nitrogens with two attached hydrogens (primary N) is 1. The first-order valence-electron chi connectivity index (χ1n) is 6.92. The van der Waals surface area contributed by atoms with Crippen molar-refractivity contribution < 1.29 is 4.79 Å². The molecule has 4 nitrogen and oxygen atoms in total. The molecule has 1 aliphatic rings. The van der Waals surface area contributed by atoms with Gasteiger partial charge in [0, 0.05) is 24.5 Å². The summed E-state index contributed by atoms with van der Waals surface area (Å²) >= 11 is 7.42. The minimum atomic E-state index is 0.135. The number of carbonyl (C=O) groups is 1. The minimum Gasteiger partial charge on any atom is -0.340 e. The molecule has 1 fully saturated rings. The highest BCUT2D eigenvalue weighted by atomic mass is 35.5. The Kier molecular flexibility index (Phi) is 5.43. The van der Waals surface area contributed by atoms with E-state index in [0.717, 1.165) is 28.7 Å². The highest BCUT2D eigenvalue weighted by Crippen LogP contribution is 2.22. The lowest BCUT2D eigenvalue weighted by Crippen LogP contribution is -2.50. The summed E-state index contributed by atoms with van der Waals surface area (Å²) in [5.74, 6) is 0.684. The number of rotatable bonds is 4. The summed E-state index contributed by atoms with van der Waals surface area (Å²) in [7, 11) is 1.84. The second-order valence-electron chi connectivity index (χ2n) is 5.62. The van der Waals surface area contributed by atoms with E-state index in [1.165, 1.54) is 11.3 Å². The summed E-state index contributed by atoms with van der Waals surface area (Å²) in [5, 5.41) is 0. The van der Waals surface area contributed by atoms with Gasteiger partial charge in [-0.2, -0.15) is 0 Å². The highest BCUT2D eigenvalue weighted by molar-refractivity contribution is 7.16. The van der Waals surface area contributed by atoms with Crippen molar-refractivity contribution >= 4 is 28.8 Å². The second-order valence-corrected chi connectivity index (χ2v) is 7.42. The van der Waals surface area contributed by atoms with Crippen LogP contribution in [0, 0.1) is 5.92 Å². The van der Waals surface area contributed by atoms with Crippen LogP contribution in [0.5, 0.6) is 0 Å². The van der Waals surface area contributed by atoms with Crippen LogP contribution in [-0.2, 0) is 11.3 Å². The average Bonchev–Trinajstić information content (AvgIpc) is 2.79. The molecule has 0 bridgehead atoms. The molecule has 1 aromatic rings. The molecule has 2 unspecified atom stereocenters. The van der Waals surface area contributed by atoms with Crippen LogP contribution in [0.2, 0.25) is 4.34 Å². The van der Waals surface area contributed by atoms with Crippen LogP contribution in [0.25, 0.3) is 0 Å². The molecule has 0 spiro atoms. The van der Waals surface area contributed by atoms with E-state index >= 15 is 0 Å². The lowest BCUT2D eigenvalue weighted by atomic mass is 9.94. The predicted molar refractivity (Wildman–Crippen MR) is 84.0 cm³/mol. The Labute approximate surface area is 129 Å². The van der Waals surface area contributed by atoms with Gasteiger partial charge in [0.15, 0.2) is 0 Å². The van der Waals surface area contributed by atoms with E-state index < -0.39 is 0 Å². The zero-order chi connectivity index (χ0) is 14.7. The van der Waals surface area contributed by atoms with Gasteiger partial charge in [-0.3, -0.25) is 9.69 Å². The monoisotopic (exact) mass is 315 g/mol. The molecule has 2 atom stereocenters. The molecule has 0 radical (unpaired) electrons. The fourth-order valence-electron chi connectivity index (χ4n) is 2.38. The van der Waals surface area contributed by atoms with Gasteiger partial charge in [-0.25, -0.2) is 0 Å². The van der Waals surface area contributed by atoms with Gasteiger partial charge in [0.25, 0.3) is 0 Å². The summed E-state index contributed by atoms with van der Waals surface area (Å²) in [6.45, 7) is 5.02. The maximum atomic E-state index is 12.2. The molecular formula is C14H22ClN3OS. The average molecular weight is 316 g/mol. The number of carbonyl (C=O) groups excluding carboxylic acids is 1. The first-order valence-corrected chi connectivity index (χ1v) is 8.11. The van der Waals surface area contributed by atoms with E-state index in [1.807, 2.05) is 19.2 Å². The number of nitrogens with zero attached hydrogens (tertiary/aromatic N) is 2. The van der Waals surface area contributed by atoms with Crippen molar-refractivity contribution in [2.24, 2.45) is 11.7 Å². The summed E-state index contributed by atoms with van der Waals surface area (Å²) in [4.78, 5) is 17.2. The molecule has 1 aromatic heterocycles. The van der Waals surface area contributed by atoms with Crippen molar-refractivity contribution in [3.8, 4) is 0 Å².